The first kappa shape index (κ1) is 27.6. The number of rotatable bonds is 6. The molecule has 8 heteroatoms. The number of sulfone groups is 1. The molecule has 0 bridgehead atoms. The third kappa shape index (κ3) is 4.76. The molecule has 2 aliphatic carbocycles. The van der Waals surface area contributed by atoms with Crippen molar-refractivity contribution in [2.24, 2.45) is 11.8 Å². The molecule has 6 rings (SSSR count). The molecule has 0 radical (unpaired) electrons. The van der Waals surface area contributed by atoms with E-state index in [9.17, 15) is 27.5 Å². The van der Waals surface area contributed by atoms with E-state index in [1.807, 2.05) is 30.3 Å². The number of carbonyl (C=O) groups is 2. The molecule has 1 N–H and O–H groups in total. The quantitative estimate of drug-likeness (QED) is 0.391. The van der Waals surface area contributed by atoms with Crippen molar-refractivity contribution in [3.8, 4) is 0 Å². The minimum Gasteiger partial charge on any atom is -0.481 e. The van der Waals surface area contributed by atoms with Crippen LogP contribution in [0.3, 0.4) is 0 Å². The normalized spacial score (nSPS) is 25.8. The lowest BCUT2D eigenvalue weighted by Gasteiger charge is -2.43. The van der Waals surface area contributed by atoms with Crippen LogP contribution < -0.4 is 0 Å². The molecule has 1 aliphatic heterocycles. The van der Waals surface area contributed by atoms with E-state index in [2.05, 4.69) is 18.2 Å². The van der Waals surface area contributed by atoms with Gasteiger partial charge >= 0.3 is 5.97 Å². The summed E-state index contributed by atoms with van der Waals surface area (Å²) in [5, 5.41) is 9.39. The van der Waals surface area contributed by atoms with Crippen LogP contribution in [0.25, 0.3) is 0 Å². The van der Waals surface area contributed by atoms with Gasteiger partial charge in [0.25, 0.3) is 0 Å². The van der Waals surface area contributed by atoms with E-state index in [0.717, 1.165) is 23.1 Å². The van der Waals surface area contributed by atoms with Gasteiger partial charge in [0.05, 0.1) is 16.9 Å². The van der Waals surface area contributed by atoms with E-state index >= 15 is 0 Å². The Hall–Kier alpha value is -3.52. The first-order chi connectivity index (χ1) is 19.7. The van der Waals surface area contributed by atoms with Gasteiger partial charge in [0.1, 0.15) is 10.6 Å². The second kappa shape index (κ2) is 10.7. The van der Waals surface area contributed by atoms with Crippen LogP contribution in [0.1, 0.15) is 60.8 Å². The summed E-state index contributed by atoms with van der Waals surface area (Å²) in [7, 11) is -4.02. The van der Waals surface area contributed by atoms with Crippen molar-refractivity contribution >= 4 is 21.7 Å². The number of carbonyl (C=O) groups excluding carboxylic acids is 1. The molecule has 1 saturated heterocycles. The molecular formula is C33H34FNO5S. The molecule has 214 valence electrons. The first-order valence-electron chi connectivity index (χ1n) is 14.4. The number of benzene rings is 3. The number of aliphatic carboxylic acids is 1. The third-order valence-corrected chi connectivity index (χ3v) is 12.1. The molecule has 1 heterocycles. The maximum atomic E-state index is 14.6. The maximum Gasteiger partial charge on any atom is 0.306 e. The van der Waals surface area contributed by atoms with Gasteiger partial charge in [0.2, 0.25) is 5.91 Å². The minimum absolute atomic E-state index is 0.0568. The van der Waals surface area contributed by atoms with Crippen molar-refractivity contribution in [3.63, 3.8) is 0 Å². The molecule has 3 aromatic rings. The van der Waals surface area contributed by atoms with Crippen LogP contribution >= 0.6 is 0 Å². The van der Waals surface area contributed by atoms with E-state index in [0.29, 0.717) is 45.1 Å². The van der Waals surface area contributed by atoms with E-state index in [1.165, 1.54) is 29.8 Å². The predicted octanol–water partition coefficient (Wildman–Crippen LogP) is 5.52. The Morgan fingerprint density at radius 1 is 0.878 bits per heavy atom. The van der Waals surface area contributed by atoms with E-state index in [-0.39, 0.29) is 23.1 Å². The summed E-state index contributed by atoms with van der Waals surface area (Å²) in [6.45, 7) is 0.313. The van der Waals surface area contributed by atoms with Crippen LogP contribution in [0.15, 0.2) is 77.7 Å². The van der Waals surface area contributed by atoms with Crippen LogP contribution in [0.2, 0.25) is 0 Å². The number of fused-ring (bicyclic) bond motifs is 3. The van der Waals surface area contributed by atoms with Crippen molar-refractivity contribution in [3.05, 3.63) is 101 Å². The van der Waals surface area contributed by atoms with Gasteiger partial charge in [-0.3, -0.25) is 9.59 Å². The van der Waals surface area contributed by atoms with Crippen molar-refractivity contribution in [2.75, 3.05) is 6.54 Å². The summed E-state index contributed by atoms with van der Waals surface area (Å²) in [5.74, 6) is -2.13. The zero-order valence-electron chi connectivity index (χ0n) is 22.8. The highest BCUT2D eigenvalue weighted by Crippen LogP contribution is 2.53. The number of carboxylic acids is 1. The lowest BCUT2D eigenvalue weighted by molar-refractivity contribution is -0.146. The van der Waals surface area contributed by atoms with Gasteiger partial charge in [-0.1, -0.05) is 48.5 Å². The van der Waals surface area contributed by atoms with Crippen molar-refractivity contribution in [2.45, 2.75) is 67.1 Å². The van der Waals surface area contributed by atoms with E-state index < -0.39 is 38.3 Å². The SMILES string of the molecule is O=C(O)[C@H]1CC[C@H](C(=O)N2CC[C@@]3(S(=O)(=O)c4ccc(F)cc4)c4ccc(Cc5ccccc5)cc4CC[C@@H]23)CC1. The van der Waals surface area contributed by atoms with Gasteiger partial charge in [-0.25, -0.2) is 12.8 Å². The van der Waals surface area contributed by atoms with Crippen LogP contribution in [0.4, 0.5) is 4.39 Å². The molecule has 6 nitrogen and oxygen atoms in total. The second-order valence-electron chi connectivity index (χ2n) is 11.7. The molecule has 0 aromatic heterocycles. The molecule has 0 spiro atoms. The number of likely N-dealkylation sites (tertiary alicyclic amines) is 1. The summed E-state index contributed by atoms with van der Waals surface area (Å²) < 4.78 is 41.6. The molecule has 1 amide bonds. The molecule has 1 saturated carbocycles. The number of nitrogens with zero attached hydrogens (tertiary/aromatic N) is 1. The van der Waals surface area contributed by atoms with Crippen LogP contribution in [-0.2, 0) is 37.0 Å². The highest BCUT2D eigenvalue weighted by atomic mass is 32.2. The lowest BCUT2D eigenvalue weighted by Crippen LogP contribution is -2.53. The minimum atomic E-state index is -4.02. The number of amides is 1. The van der Waals surface area contributed by atoms with E-state index in [4.69, 9.17) is 0 Å². The summed E-state index contributed by atoms with van der Waals surface area (Å²) in [6, 6.07) is 20.6. The number of carboxylic acid groups (broad SMARTS) is 1. The highest BCUT2D eigenvalue weighted by Gasteiger charge is 2.61. The average molecular weight is 576 g/mol. The maximum absolute atomic E-state index is 14.6. The third-order valence-electron chi connectivity index (χ3n) is 9.51. The smallest absolute Gasteiger partial charge is 0.306 e. The fourth-order valence-electron chi connectivity index (χ4n) is 7.43. The zero-order valence-corrected chi connectivity index (χ0v) is 23.7. The Labute approximate surface area is 240 Å². The summed E-state index contributed by atoms with van der Waals surface area (Å²) >= 11 is 0. The van der Waals surface area contributed by atoms with Crippen LogP contribution in [0.5, 0.6) is 0 Å². The van der Waals surface area contributed by atoms with Crippen molar-refractivity contribution in [1.82, 2.24) is 4.90 Å². The Balaban J connectivity index is 1.38. The largest absolute Gasteiger partial charge is 0.481 e. The Morgan fingerprint density at radius 3 is 2.24 bits per heavy atom. The molecule has 41 heavy (non-hydrogen) atoms. The number of aryl methyl sites for hydroxylation is 1. The predicted molar refractivity (Wildman–Crippen MR) is 152 cm³/mol. The topological polar surface area (TPSA) is 91.8 Å². The molecule has 2 fully saturated rings. The molecule has 0 unspecified atom stereocenters. The molecule has 3 aliphatic rings. The Bertz CT molecular complexity index is 1560. The number of hydrogen-bond acceptors (Lipinski definition) is 4. The summed E-state index contributed by atoms with van der Waals surface area (Å²) in [4.78, 5) is 27.2. The standard InChI is InChI=1S/C33H34FNO5S/c34-27-12-14-28(15-13-27)41(39,40)33-18-19-35(31(36)24-7-9-25(10-8-24)32(37)38)30(33)17-11-26-21-23(6-16-29(26)33)20-22-4-2-1-3-5-22/h1-6,12-16,21,24-25,30H,7-11,17-20H2,(H,37,38)/t24-,25-,30-,33-/m1/s1. The Morgan fingerprint density at radius 2 is 1.56 bits per heavy atom. The van der Waals surface area contributed by atoms with Gasteiger partial charge < -0.3 is 10.0 Å². The Kier molecular flexibility index (Phi) is 7.22. The zero-order chi connectivity index (χ0) is 28.8. The van der Waals surface area contributed by atoms with Crippen LogP contribution in [0, 0.1) is 17.7 Å². The molecule has 3 aromatic carbocycles. The molecule has 2 atom stereocenters. The summed E-state index contributed by atoms with van der Waals surface area (Å²) in [6.07, 6.45) is 4.06. The van der Waals surface area contributed by atoms with Gasteiger partial charge in [0.15, 0.2) is 9.84 Å². The van der Waals surface area contributed by atoms with Gasteiger partial charge in [-0.2, -0.15) is 0 Å². The highest BCUT2D eigenvalue weighted by molar-refractivity contribution is 7.92. The molecular weight excluding hydrogens is 541 g/mol. The summed E-state index contributed by atoms with van der Waals surface area (Å²) in [5.41, 5.74) is 3.99. The van der Waals surface area contributed by atoms with Gasteiger partial charge in [-0.15, -0.1) is 0 Å². The van der Waals surface area contributed by atoms with Crippen molar-refractivity contribution < 1.29 is 27.5 Å². The fourth-order valence-corrected chi connectivity index (χ4v) is 9.80. The average Bonchev–Trinajstić information content (AvgIpc) is 3.39. The lowest BCUT2D eigenvalue weighted by atomic mass is 9.77. The van der Waals surface area contributed by atoms with Crippen molar-refractivity contribution in [1.29, 1.82) is 0 Å². The van der Waals surface area contributed by atoms with Crippen LogP contribution in [-0.4, -0.2) is 42.9 Å². The fraction of sp³-hybridized carbons (Fsp3) is 0.394. The monoisotopic (exact) mass is 575 g/mol. The van der Waals surface area contributed by atoms with E-state index in [1.54, 1.807) is 4.90 Å². The first-order valence-corrected chi connectivity index (χ1v) is 15.9. The van der Waals surface area contributed by atoms with Gasteiger partial charge in [-0.05, 0) is 97.9 Å². The number of hydrogen-bond donors (Lipinski definition) is 1. The van der Waals surface area contributed by atoms with Gasteiger partial charge in [0, 0.05) is 12.5 Å². The number of halogens is 1. The second-order valence-corrected chi connectivity index (χ2v) is 13.9.